The van der Waals surface area contributed by atoms with E-state index in [0.717, 1.165) is 29.2 Å². The average Bonchev–Trinajstić information content (AvgIpc) is 3.23. The average molecular weight is 332 g/mol. The van der Waals surface area contributed by atoms with Gasteiger partial charge in [0.15, 0.2) is 0 Å². The molecule has 2 aromatic rings. The standard InChI is InChI=1S/C18H24N2O2S/c1-14-5-4-6-16(11-14)22-13-15(21)12-20-18(7-2-3-8-18)17-19-9-10-23-17/h4-6,9-11,15,20-21H,2-3,7-8,12-13H2,1H3/t15-/m0/s1. The van der Waals surface area contributed by atoms with E-state index < -0.39 is 6.10 Å². The molecule has 3 rings (SSSR count). The van der Waals surface area contributed by atoms with Crippen molar-refractivity contribution in [2.45, 2.75) is 44.2 Å². The van der Waals surface area contributed by atoms with Crippen LogP contribution in [0.25, 0.3) is 0 Å². The molecule has 1 aliphatic carbocycles. The third-order valence-corrected chi connectivity index (χ3v) is 5.38. The maximum Gasteiger partial charge on any atom is 0.119 e. The van der Waals surface area contributed by atoms with Crippen molar-refractivity contribution < 1.29 is 9.84 Å². The van der Waals surface area contributed by atoms with E-state index in [1.807, 2.05) is 42.8 Å². The van der Waals surface area contributed by atoms with Crippen LogP contribution in [0.15, 0.2) is 35.8 Å². The summed E-state index contributed by atoms with van der Waals surface area (Å²) in [4.78, 5) is 4.49. The molecule has 1 atom stereocenters. The largest absolute Gasteiger partial charge is 0.491 e. The third-order valence-electron chi connectivity index (χ3n) is 4.41. The van der Waals surface area contributed by atoms with Gasteiger partial charge in [-0.15, -0.1) is 11.3 Å². The summed E-state index contributed by atoms with van der Waals surface area (Å²) in [5.74, 6) is 0.805. The first-order valence-electron chi connectivity index (χ1n) is 8.20. The first kappa shape index (κ1) is 16.4. The van der Waals surface area contributed by atoms with Crippen LogP contribution in [0.4, 0.5) is 0 Å². The van der Waals surface area contributed by atoms with Crippen molar-refractivity contribution in [2.24, 2.45) is 0 Å². The molecule has 2 N–H and O–H groups in total. The van der Waals surface area contributed by atoms with Crippen molar-refractivity contribution in [1.82, 2.24) is 10.3 Å². The van der Waals surface area contributed by atoms with Crippen LogP contribution in [0.5, 0.6) is 5.75 Å². The maximum absolute atomic E-state index is 10.2. The molecule has 1 aromatic heterocycles. The van der Waals surface area contributed by atoms with E-state index in [2.05, 4.69) is 10.3 Å². The fourth-order valence-electron chi connectivity index (χ4n) is 3.17. The molecule has 4 nitrogen and oxygen atoms in total. The summed E-state index contributed by atoms with van der Waals surface area (Å²) in [7, 11) is 0. The Hall–Kier alpha value is -1.43. The van der Waals surface area contributed by atoms with Gasteiger partial charge in [0.05, 0.1) is 5.54 Å². The molecule has 1 aliphatic rings. The highest BCUT2D eigenvalue weighted by molar-refractivity contribution is 7.09. The van der Waals surface area contributed by atoms with E-state index in [4.69, 9.17) is 4.74 Å². The normalized spacial score (nSPS) is 18.0. The fraction of sp³-hybridized carbons (Fsp3) is 0.500. The van der Waals surface area contributed by atoms with Crippen LogP contribution < -0.4 is 10.1 Å². The molecule has 23 heavy (non-hydrogen) atoms. The van der Waals surface area contributed by atoms with Gasteiger partial charge in [-0.1, -0.05) is 25.0 Å². The quantitative estimate of drug-likeness (QED) is 0.817. The Morgan fingerprint density at radius 1 is 1.39 bits per heavy atom. The number of rotatable bonds is 7. The third kappa shape index (κ3) is 4.10. The molecule has 1 heterocycles. The number of aliphatic hydroxyl groups excluding tert-OH is 1. The molecule has 0 saturated heterocycles. The lowest BCUT2D eigenvalue weighted by molar-refractivity contribution is 0.0961. The lowest BCUT2D eigenvalue weighted by Gasteiger charge is -2.29. The highest BCUT2D eigenvalue weighted by atomic mass is 32.1. The first-order chi connectivity index (χ1) is 11.2. The predicted octanol–water partition coefficient (Wildman–Crippen LogP) is 3.25. The minimum Gasteiger partial charge on any atom is -0.491 e. The van der Waals surface area contributed by atoms with Crippen LogP contribution in [-0.2, 0) is 5.54 Å². The number of aromatic nitrogens is 1. The van der Waals surface area contributed by atoms with E-state index in [-0.39, 0.29) is 5.54 Å². The molecule has 0 spiro atoms. The molecule has 5 heteroatoms. The number of thiazole rings is 1. The van der Waals surface area contributed by atoms with Crippen molar-refractivity contribution in [2.75, 3.05) is 13.2 Å². The Balaban J connectivity index is 1.52. The van der Waals surface area contributed by atoms with Gasteiger partial charge >= 0.3 is 0 Å². The maximum atomic E-state index is 10.2. The van der Waals surface area contributed by atoms with Gasteiger partial charge in [-0.3, -0.25) is 0 Å². The highest BCUT2D eigenvalue weighted by Crippen LogP contribution is 2.39. The number of ether oxygens (including phenoxy) is 1. The van der Waals surface area contributed by atoms with Gasteiger partial charge in [-0.05, 0) is 37.5 Å². The molecule has 0 aliphatic heterocycles. The van der Waals surface area contributed by atoms with E-state index in [1.54, 1.807) is 11.3 Å². The zero-order valence-electron chi connectivity index (χ0n) is 13.5. The van der Waals surface area contributed by atoms with E-state index in [0.29, 0.717) is 13.2 Å². The lowest BCUT2D eigenvalue weighted by Crippen LogP contribution is -2.45. The van der Waals surface area contributed by atoms with Gasteiger partial charge in [0.2, 0.25) is 0 Å². The molecule has 1 saturated carbocycles. The SMILES string of the molecule is Cc1cccc(OC[C@@H](O)CNC2(c3nccs3)CCCC2)c1. The molecule has 0 bridgehead atoms. The second kappa shape index (κ2) is 7.43. The van der Waals surface area contributed by atoms with Gasteiger partial charge in [-0.2, -0.15) is 0 Å². The second-order valence-electron chi connectivity index (χ2n) is 6.29. The van der Waals surface area contributed by atoms with E-state index >= 15 is 0 Å². The molecule has 0 amide bonds. The Kier molecular flexibility index (Phi) is 5.30. The van der Waals surface area contributed by atoms with Crippen molar-refractivity contribution in [1.29, 1.82) is 0 Å². The van der Waals surface area contributed by atoms with Crippen LogP contribution >= 0.6 is 11.3 Å². The van der Waals surface area contributed by atoms with Crippen molar-refractivity contribution in [3.8, 4) is 5.75 Å². The van der Waals surface area contributed by atoms with E-state index in [1.165, 1.54) is 12.8 Å². The number of hydrogen-bond donors (Lipinski definition) is 2. The zero-order valence-corrected chi connectivity index (χ0v) is 14.3. The number of nitrogens with zero attached hydrogens (tertiary/aromatic N) is 1. The fourth-order valence-corrected chi connectivity index (χ4v) is 4.05. The number of aryl methyl sites for hydroxylation is 1. The van der Waals surface area contributed by atoms with Crippen molar-refractivity contribution in [3.05, 3.63) is 46.4 Å². The second-order valence-corrected chi connectivity index (χ2v) is 7.18. The van der Waals surface area contributed by atoms with Crippen LogP contribution in [-0.4, -0.2) is 29.3 Å². The summed E-state index contributed by atoms with van der Waals surface area (Å²) in [5.41, 5.74) is 1.10. The minimum absolute atomic E-state index is 0.0571. The summed E-state index contributed by atoms with van der Waals surface area (Å²) < 4.78 is 5.68. The monoisotopic (exact) mass is 332 g/mol. The van der Waals surface area contributed by atoms with Crippen LogP contribution in [0, 0.1) is 6.92 Å². The number of nitrogens with one attached hydrogen (secondary N) is 1. The van der Waals surface area contributed by atoms with Crippen LogP contribution in [0.1, 0.15) is 36.3 Å². The summed E-state index contributed by atoms with van der Waals surface area (Å²) >= 11 is 1.70. The number of benzene rings is 1. The molecule has 124 valence electrons. The summed E-state index contributed by atoms with van der Waals surface area (Å²) in [6.45, 7) is 2.85. The van der Waals surface area contributed by atoms with E-state index in [9.17, 15) is 5.11 Å². The van der Waals surface area contributed by atoms with Gasteiger partial charge in [0, 0.05) is 18.1 Å². The van der Waals surface area contributed by atoms with Gasteiger partial charge in [-0.25, -0.2) is 4.98 Å². The van der Waals surface area contributed by atoms with Crippen LogP contribution in [0.2, 0.25) is 0 Å². The summed E-state index contributed by atoms with van der Waals surface area (Å²) in [6, 6.07) is 7.89. The summed E-state index contributed by atoms with van der Waals surface area (Å²) in [6.07, 6.45) is 5.93. The van der Waals surface area contributed by atoms with Gasteiger partial charge < -0.3 is 15.2 Å². The van der Waals surface area contributed by atoms with Crippen molar-refractivity contribution in [3.63, 3.8) is 0 Å². The lowest BCUT2D eigenvalue weighted by atomic mass is 9.98. The Morgan fingerprint density at radius 3 is 2.91 bits per heavy atom. The van der Waals surface area contributed by atoms with Gasteiger partial charge in [0.25, 0.3) is 0 Å². The smallest absolute Gasteiger partial charge is 0.119 e. The van der Waals surface area contributed by atoms with Gasteiger partial charge in [0.1, 0.15) is 23.5 Å². The summed E-state index contributed by atoms with van der Waals surface area (Å²) in [5, 5.41) is 17.0. The highest BCUT2D eigenvalue weighted by Gasteiger charge is 2.37. The molecule has 1 aromatic carbocycles. The molecule has 1 fully saturated rings. The minimum atomic E-state index is -0.534. The van der Waals surface area contributed by atoms with Crippen LogP contribution in [0.3, 0.4) is 0 Å². The topological polar surface area (TPSA) is 54.4 Å². The molecular weight excluding hydrogens is 308 g/mol. The predicted molar refractivity (Wildman–Crippen MR) is 92.9 cm³/mol. The zero-order chi connectivity index (χ0) is 16.1. The Labute approximate surface area is 141 Å². The molecule has 0 unspecified atom stereocenters. The Bertz CT molecular complexity index is 609. The van der Waals surface area contributed by atoms with Crippen molar-refractivity contribution >= 4 is 11.3 Å². The number of hydrogen-bond acceptors (Lipinski definition) is 5. The molecular formula is C18H24N2O2S. The first-order valence-corrected chi connectivity index (χ1v) is 9.08. The Morgan fingerprint density at radius 2 is 2.22 bits per heavy atom. The number of aliphatic hydroxyl groups is 1. The molecule has 0 radical (unpaired) electrons.